The van der Waals surface area contributed by atoms with Crippen LogP contribution in [0.2, 0.25) is 0 Å². The maximum atomic E-state index is 13.8. The maximum Gasteiger partial charge on any atom is 0.255 e. The Bertz CT molecular complexity index is 939. The van der Waals surface area contributed by atoms with Crippen molar-refractivity contribution in [1.82, 2.24) is 5.32 Å². The van der Waals surface area contributed by atoms with Crippen LogP contribution in [-0.2, 0) is 0 Å². The number of methoxy groups -OCH3 is 1. The molecule has 0 spiro atoms. The van der Waals surface area contributed by atoms with Gasteiger partial charge in [-0.15, -0.1) is 0 Å². The van der Waals surface area contributed by atoms with Gasteiger partial charge in [0, 0.05) is 0 Å². The summed E-state index contributed by atoms with van der Waals surface area (Å²) in [7, 11) is 1.39. The van der Waals surface area contributed by atoms with Crippen LogP contribution in [0.1, 0.15) is 28.9 Å². The first-order valence-electron chi connectivity index (χ1n) is 7.85. The van der Waals surface area contributed by atoms with E-state index < -0.39 is 17.8 Å². The van der Waals surface area contributed by atoms with Crippen molar-refractivity contribution in [1.29, 1.82) is 0 Å². The number of carbonyl (C=O) groups is 1. The van der Waals surface area contributed by atoms with Crippen molar-refractivity contribution in [2.75, 3.05) is 7.11 Å². The number of carbonyl (C=O) groups excluding carboxylic acids is 1. The Kier molecular flexibility index (Phi) is 4.57. The lowest BCUT2D eigenvalue weighted by atomic mass is 10.0. The van der Waals surface area contributed by atoms with Gasteiger partial charge in [0.25, 0.3) is 5.91 Å². The first-order valence-corrected chi connectivity index (χ1v) is 7.85. The monoisotopic (exact) mass is 339 g/mol. The van der Waals surface area contributed by atoms with Crippen LogP contribution in [0.4, 0.5) is 4.39 Å². The molecule has 0 fully saturated rings. The normalized spacial score (nSPS) is 12.0. The highest BCUT2D eigenvalue weighted by molar-refractivity contribution is 6.01. The molecular formula is C20H18FNO3. The number of phenolic OH excluding ortho intramolecular Hbond substituents is 1. The summed E-state index contributed by atoms with van der Waals surface area (Å²) in [6.07, 6.45) is 0. The standard InChI is InChI=1S/C20H18FNO3/c1-12(13-7-8-19(25-2)17(21)10-13)22-20(24)16-9-14-5-3-4-6-15(14)11-18(16)23/h3-12,23H,1-2H3,(H,22,24). The molecule has 5 heteroatoms. The highest BCUT2D eigenvalue weighted by Crippen LogP contribution is 2.26. The van der Waals surface area contributed by atoms with E-state index in [2.05, 4.69) is 5.32 Å². The van der Waals surface area contributed by atoms with Crippen molar-refractivity contribution >= 4 is 16.7 Å². The highest BCUT2D eigenvalue weighted by Gasteiger charge is 2.17. The number of halogens is 1. The average molecular weight is 339 g/mol. The molecule has 0 saturated heterocycles. The summed E-state index contributed by atoms with van der Waals surface area (Å²) in [6.45, 7) is 1.75. The van der Waals surface area contributed by atoms with Gasteiger partial charge in [-0.25, -0.2) is 4.39 Å². The molecule has 1 unspecified atom stereocenters. The number of nitrogens with one attached hydrogen (secondary N) is 1. The Labute approximate surface area is 144 Å². The lowest BCUT2D eigenvalue weighted by molar-refractivity contribution is 0.0937. The number of benzene rings is 3. The molecule has 0 radical (unpaired) electrons. The number of fused-ring (bicyclic) bond motifs is 1. The third kappa shape index (κ3) is 3.40. The van der Waals surface area contributed by atoms with Crippen molar-refractivity contribution in [2.24, 2.45) is 0 Å². The lowest BCUT2D eigenvalue weighted by Crippen LogP contribution is -2.26. The molecule has 128 valence electrons. The van der Waals surface area contributed by atoms with E-state index in [4.69, 9.17) is 4.74 Å². The van der Waals surface area contributed by atoms with Crippen molar-refractivity contribution in [2.45, 2.75) is 13.0 Å². The van der Waals surface area contributed by atoms with Crippen LogP contribution in [0.15, 0.2) is 54.6 Å². The summed E-state index contributed by atoms with van der Waals surface area (Å²) < 4.78 is 18.7. The molecule has 1 amide bonds. The molecule has 4 nitrogen and oxygen atoms in total. The number of amides is 1. The number of hydrogen-bond donors (Lipinski definition) is 2. The van der Waals surface area contributed by atoms with E-state index in [0.717, 1.165) is 10.8 Å². The minimum Gasteiger partial charge on any atom is -0.507 e. The first kappa shape index (κ1) is 16.8. The van der Waals surface area contributed by atoms with Gasteiger partial charge in [0.05, 0.1) is 18.7 Å². The fraction of sp³-hybridized carbons (Fsp3) is 0.150. The molecule has 0 bridgehead atoms. The van der Waals surface area contributed by atoms with Gasteiger partial charge in [0.15, 0.2) is 11.6 Å². The zero-order valence-electron chi connectivity index (χ0n) is 13.9. The third-order valence-electron chi connectivity index (χ3n) is 4.13. The van der Waals surface area contributed by atoms with Crippen LogP contribution in [0.3, 0.4) is 0 Å². The minimum atomic E-state index is -0.491. The fourth-order valence-electron chi connectivity index (χ4n) is 2.72. The summed E-state index contributed by atoms with van der Waals surface area (Å²) in [5.41, 5.74) is 0.784. The molecule has 0 saturated carbocycles. The molecule has 2 N–H and O–H groups in total. The number of hydrogen-bond acceptors (Lipinski definition) is 3. The van der Waals surface area contributed by atoms with Crippen molar-refractivity contribution < 1.29 is 19.0 Å². The zero-order valence-corrected chi connectivity index (χ0v) is 13.9. The predicted molar refractivity (Wildman–Crippen MR) is 94.4 cm³/mol. The molecular weight excluding hydrogens is 321 g/mol. The van der Waals surface area contributed by atoms with E-state index in [0.29, 0.717) is 5.56 Å². The van der Waals surface area contributed by atoms with Crippen LogP contribution in [-0.4, -0.2) is 18.1 Å². The molecule has 3 rings (SSSR count). The SMILES string of the molecule is COc1ccc(C(C)NC(=O)c2cc3ccccc3cc2O)cc1F. The average Bonchev–Trinajstić information content (AvgIpc) is 2.60. The molecule has 3 aromatic rings. The van der Waals surface area contributed by atoms with Gasteiger partial charge < -0.3 is 15.2 Å². The van der Waals surface area contributed by atoms with Gasteiger partial charge in [-0.1, -0.05) is 30.3 Å². The topological polar surface area (TPSA) is 58.6 Å². The first-order chi connectivity index (χ1) is 12.0. The fourth-order valence-corrected chi connectivity index (χ4v) is 2.72. The molecule has 0 aliphatic rings. The smallest absolute Gasteiger partial charge is 0.255 e. The second-order valence-corrected chi connectivity index (χ2v) is 5.81. The molecule has 0 aromatic heterocycles. The molecule has 0 heterocycles. The summed E-state index contributed by atoms with van der Waals surface area (Å²) in [6, 6.07) is 14.7. The molecule has 0 aliphatic carbocycles. The number of phenols is 1. The molecule has 3 aromatic carbocycles. The largest absolute Gasteiger partial charge is 0.507 e. The van der Waals surface area contributed by atoms with Gasteiger partial charge in [0.2, 0.25) is 0 Å². The molecule has 0 aliphatic heterocycles. The van der Waals surface area contributed by atoms with Crippen molar-refractivity contribution in [3.05, 3.63) is 71.5 Å². The van der Waals surface area contributed by atoms with Crippen molar-refractivity contribution in [3.63, 3.8) is 0 Å². The van der Waals surface area contributed by atoms with Crippen LogP contribution in [0.25, 0.3) is 10.8 Å². The maximum absolute atomic E-state index is 13.8. The van der Waals surface area contributed by atoms with Gasteiger partial charge in [-0.2, -0.15) is 0 Å². The summed E-state index contributed by atoms with van der Waals surface area (Å²) >= 11 is 0. The van der Waals surface area contributed by atoms with E-state index in [1.807, 2.05) is 24.3 Å². The van der Waals surface area contributed by atoms with Crippen LogP contribution >= 0.6 is 0 Å². The number of ether oxygens (including phenoxy) is 1. The van der Waals surface area contributed by atoms with E-state index >= 15 is 0 Å². The Morgan fingerprint density at radius 2 is 1.80 bits per heavy atom. The van der Waals surface area contributed by atoms with E-state index in [1.54, 1.807) is 25.1 Å². The van der Waals surface area contributed by atoms with E-state index in [-0.39, 0.29) is 17.1 Å². The van der Waals surface area contributed by atoms with Gasteiger partial charge in [-0.05, 0) is 47.5 Å². The van der Waals surface area contributed by atoms with Crippen LogP contribution < -0.4 is 10.1 Å². The summed E-state index contributed by atoms with van der Waals surface area (Å²) in [5, 5.41) is 14.6. The quantitative estimate of drug-likeness (QED) is 0.749. The Balaban J connectivity index is 1.84. The zero-order chi connectivity index (χ0) is 18.0. The van der Waals surface area contributed by atoms with E-state index in [1.165, 1.54) is 19.2 Å². The Hall–Kier alpha value is -3.08. The van der Waals surface area contributed by atoms with Gasteiger partial charge >= 0.3 is 0 Å². The summed E-state index contributed by atoms with van der Waals surface area (Å²) in [4.78, 5) is 12.5. The second-order valence-electron chi connectivity index (χ2n) is 5.81. The van der Waals surface area contributed by atoms with Crippen LogP contribution in [0.5, 0.6) is 11.5 Å². The van der Waals surface area contributed by atoms with Crippen molar-refractivity contribution in [3.8, 4) is 11.5 Å². The predicted octanol–water partition coefficient (Wildman–Crippen LogP) is 4.18. The van der Waals surface area contributed by atoms with Crippen LogP contribution in [0, 0.1) is 5.82 Å². The second kappa shape index (κ2) is 6.81. The number of aromatic hydroxyl groups is 1. The molecule has 25 heavy (non-hydrogen) atoms. The van der Waals surface area contributed by atoms with Gasteiger partial charge in [0.1, 0.15) is 5.75 Å². The Morgan fingerprint density at radius 3 is 2.44 bits per heavy atom. The highest BCUT2D eigenvalue weighted by atomic mass is 19.1. The minimum absolute atomic E-state index is 0.0932. The Morgan fingerprint density at radius 1 is 1.12 bits per heavy atom. The van der Waals surface area contributed by atoms with E-state index in [9.17, 15) is 14.3 Å². The van der Waals surface area contributed by atoms with Gasteiger partial charge in [-0.3, -0.25) is 4.79 Å². The lowest BCUT2D eigenvalue weighted by Gasteiger charge is -2.16. The third-order valence-corrected chi connectivity index (χ3v) is 4.13. The summed E-state index contributed by atoms with van der Waals surface area (Å²) in [5.74, 6) is -0.861. The molecule has 1 atom stereocenters. The number of rotatable bonds is 4.